The third kappa shape index (κ3) is 2.70. The van der Waals surface area contributed by atoms with Gasteiger partial charge in [0.1, 0.15) is 0 Å². The first-order chi connectivity index (χ1) is 7.58. The van der Waals surface area contributed by atoms with Crippen LogP contribution in [0.2, 0.25) is 5.02 Å². The Morgan fingerprint density at radius 3 is 2.44 bits per heavy atom. The lowest BCUT2D eigenvalue weighted by Crippen LogP contribution is -2.21. The van der Waals surface area contributed by atoms with Gasteiger partial charge < -0.3 is 4.57 Å². The van der Waals surface area contributed by atoms with E-state index in [2.05, 4.69) is 4.98 Å². The van der Waals surface area contributed by atoms with Crippen LogP contribution in [0.4, 0.5) is 0 Å². The Balaban J connectivity index is 2.18. The van der Waals surface area contributed by atoms with Crippen LogP contribution in [0.5, 0.6) is 0 Å². The van der Waals surface area contributed by atoms with E-state index in [-0.39, 0.29) is 0 Å². The lowest BCUT2D eigenvalue weighted by molar-refractivity contribution is 0.593. The molecule has 1 aromatic heterocycles. The predicted molar refractivity (Wildman–Crippen MR) is 67.1 cm³/mol. The molecule has 0 aliphatic heterocycles. The highest BCUT2D eigenvalue weighted by atomic mass is 35.5. The van der Waals surface area contributed by atoms with Crippen LogP contribution in [0.3, 0.4) is 0 Å². The first kappa shape index (κ1) is 11.8. The molecule has 1 heterocycles. The van der Waals surface area contributed by atoms with Gasteiger partial charge in [0.2, 0.25) is 0 Å². The summed E-state index contributed by atoms with van der Waals surface area (Å²) in [6, 6.07) is 7.43. The van der Waals surface area contributed by atoms with Crippen molar-refractivity contribution in [1.82, 2.24) is 9.55 Å². The SMILES string of the molecule is Clc1ccc(CC(Cl)(Cl)n2ccnc2)cc1. The van der Waals surface area contributed by atoms with E-state index in [0.29, 0.717) is 11.4 Å². The van der Waals surface area contributed by atoms with Crippen LogP contribution in [0.15, 0.2) is 43.0 Å². The van der Waals surface area contributed by atoms with Gasteiger partial charge in [-0.15, -0.1) is 0 Å². The number of hydrogen-bond donors (Lipinski definition) is 0. The second-order valence-electron chi connectivity index (χ2n) is 3.44. The van der Waals surface area contributed by atoms with Gasteiger partial charge in [-0.25, -0.2) is 4.98 Å². The number of benzene rings is 1. The highest BCUT2D eigenvalue weighted by Gasteiger charge is 2.25. The number of nitrogens with zero attached hydrogens (tertiary/aromatic N) is 2. The zero-order chi connectivity index (χ0) is 11.6. The summed E-state index contributed by atoms with van der Waals surface area (Å²) in [5.74, 6) is 0. The fraction of sp³-hybridized carbons (Fsp3) is 0.182. The fourth-order valence-electron chi connectivity index (χ4n) is 1.39. The van der Waals surface area contributed by atoms with E-state index in [0.717, 1.165) is 5.56 Å². The summed E-state index contributed by atoms with van der Waals surface area (Å²) < 4.78 is 0.634. The van der Waals surface area contributed by atoms with Crippen molar-refractivity contribution in [2.24, 2.45) is 0 Å². The molecule has 0 radical (unpaired) electrons. The second-order valence-corrected chi connectivity index (χ2v) is 5.32. The third-order valence-corrected chi connectivity index (χ3v) is 3.12. The molecule has 2 aromatic rings. The normalized spacial score (nSPS) is 11.7. The maximum Gasteiger partial charge on any atom is 0.199 e. The van der Waals surface area contributed by atoms with E-state index < -0.39 is 4.46 Å². The van der Waals surface area contributed by atoms with Crippen molar-refractivity contribution in [3.05, 3.63) is 53.6 Å². The lowest BCUT2D eigenvalue weighted by atomic mass is 10.1. The summed E-state index contributed by atoms with van der Waals surface area (Å²) in [5, 5.41) is 0.695. The van der Waals surface area contributed by atoms with Gasteiger partial charge in [0.15, 0.2) is 4.46 Å². The molecule has 0 saturated carbocycles. The highest BCUT2D eigenvalue weighted by molar-refractivity contribution is 6.46. The molecule has 0 atom stereocenters. The van der Waals surface area contributed by atoms with Gasteiger partial charge in [0.25, 0.3) is 0 Å². The number of imidazole rings is 1. The van der Waals surface area contributed by atoms with Crippen LogP contribution in [0.25, 0.3) is 0 Å². The highest BCUT2D eigenvalue weighted by Crippen LogP contribution is 2.31. The molecule has 16 heavy (non-hydrogen) atoms. The maximum atomic E-state index is 6.23. The molecule has 0 saturated heterocycles. The summed E-state index contributed by atoms with van der Waals surface area (Å²) in [5.41, 5.74) is 1.02. The monoisotopic (exact) mass is 274 g/mol. The summed E-state index contributed by atoms with van der Waals surface area (Å²) >= 11 is 18.3. The Hall–Kier alpha value is -0.700. The van der Waals surface area contributed by atoms with Gasteiger partial charge >= 0.3 is 0 Å². The number of aromatic nitrogens is 2. The van der Waals surface area contributed by atoms with Crippen molar-refractivity contribution in [3.63, 3.8) is 0 Å². The molecule has 0 aliphatic rings. The molecule has 0 N–H and O–H groups in total. The Bertz CT molecular complexity index is 449. The van der Waals surface area contributed by atoms with E-state index in [4.69, 9.17) is 34.8 Å². The molecule has 0 unspecified atom stereocenters. The minimum Gasteiger partial charge on any atom is -0.305 e. The van der Waals surface area contributed by atoms with Crippen LogP contribution in [0.1, 0.15) is 5.56 Å². The van der Waals surface area contributed by atoms with E-state index in [9.17, 15) is 0 Å². The molecule has 0 fully saturated rings. The first-order valence-electron chi connectivity index (χ1n) is 4.69. The number of hydrogen-bond acceptors (Lipinski definition) is 1. The molecule has 2 nitrogen and oxygen atoms in total. The summed E-state index contributed by atoms with van der Waals surface area (Å²) in [7, 11) is 0. The number of alkyl halides is 2. The van der Waals surface area contributed by atoms with Crippen molar-refractivity contribution in [1.29, 1.82) is 0 Å². The summed E-state index contributed by atoms with van der Waals surface area (Å²) in [6.45, 7) is 0. The van der Waals surface area contributed by atoms with Gasteiger partial charge in [0.05, 0.1) is 6.33 Å². The van der Waals surface area contributed by atoms with Crippen molar-refractivity contribution < 1.29 is 0 Å². The standard InChI is InChI=1S/C11H9Cl3N2/c12-10-3-1-9(2-4-10)7-11(13,14)16-6-5-15-8-16/h1-6,8H,7H2. The van der Waals surface area contributed by atoms with E-state index in [1.54, 1.807) is 23.3 Å². The maximum absolute atomic E-state index is 6.23. The largest absolute Gasteiger partial charge is 0.305 e. The average molecular weight is 276 g/mol. The fourth-order valence-corrected chi connectivity index (χ4v) is 2.03. The van der Waals surface area contributed by atoms with Crippen LogP contribution >= 0.6 is 34.8 Å². The predicted octanol–water partition coefficient (Wildman–Crippen LogP) is 3.87. The summed E-state index contributed by atoms with van der Waals surface area (Å²) in [4.78, 5) is 3.92. The average Bonchev–Trinajstić information content (AvgIpc) is 2.75. The smallest absolute Gasteiger partial charge is 0.199 e. The van der Waals surface area contributed by atoms with Gasteiger partial charge in [-0.05, 0) is 17.7 Å². The summed E-state index contributed by atoms with van der Waals surface area (Å²) in [6.07, 6.45) is 5.46. The van der Waals surface area contributed by atoms with Crippen LogP contribution in [-0.4, -0.2) is 9.55 Å². The van der Waals surface area contributed by atoms with Crippen molar-refractivity contribution >= 4 is 34.8 Å². The quantitative estimate of drug-likeness (QED) is 0.778. The van der Waals surface area contributed by atoms with Crippen LogP contribution < -0.4 is 0 Å². The molecular weight excluding hydrogens is 266 g/mol. The molecule has 0 aliphatic carbocycles. The molecule has 0 amide bonds. The van der Waals surface area contributed by atoms with Gasteiger partial charge in [0, 0.05) is 23.8 Å². The zero-order valence-corrected chi connectivity index (χ0v) is 10.5. The Labute approximate surface area is 109 Å². The minimum atomic E-state index is -1.02. The van der Waals surface area contributed by atoms with Gasteiger partial charge in [-0.1, -0.05) is 46.9 Å². The second kappa shape index (κ2) is 4.66. The van der Waals surface area contributed by atoms with Crippen molar-refractivity contribution in [2.75, 3.05) is 0 Å². The topological polar surface area (TPSA) is 17.8 Å². The van der Waals surface area contributed by atoms with Crippen molar-refractivity contribution in [2.45, 2.75) is 10.9 Å². The molecule has 84 valence electrons. The van der Waals surface area contributed by atoms with Crippen molar-refractivity contribution in [3.8, 4) is 0 Å². The molecule has 2 rings (SSSR count). The van der Waals surface area contributed by atoms with E-state index in [1.165, 1.54) is 0 Å². The molecular formula is C11H9Cl3N2. The van der Waals surface area contributed by atoms with Gasteiger partial charge in [-0.3, -0.25) is 0 Å². The molecule has 0 spiro atoms. The molecule has 1 aromatic carbocycles. The third-order valence-electron chi connectivity index (χ3n) is 2.21. The zero-order valence-electron chi connectivity index (χ0n) is 8.28. The first-order valence-corrected chi connectivity index (χ1v) is 5.82. The van der Waals surface area contributed by atoms with Crippen LogP contribution in [0, 0.1) is 0 Å². The lowest BCUT2D eigenvalue weighted by Gasteiger charge is -2.21. The van der Waals surface area contributed by atoms with Crippen LogP contribution in [-0.2, 0) is 10.9 Å². The Morgan fingerprint density at radius 2 is 1.88 bits per heavy atom. The molecule has 0 bridgehead atoms. The number of rotatable bonds is 3. The number of halogens is 3. The Kier molecular flexibility index (Phi) is 3.43. The van der Waals surface area contributed by atoms with Gasteiger partial charge in [-0.2, -0.15) is 0 Å². The molecule has 5 heteroatoms. The Morgan fingerprint density at radius 1 is 1.19 bits per heavy atom. The minimum absolute atomic E-state index is 0.490. The van der Waals surface area contributed by atoms with E-state index >= 15 is 0 Å². The van der Waals surface area contributed by atoms with E-state index in [1.807, 2.05) is 24.3 Å².